The van der Waals surface area contributed by atoms with Crippen molar-refractivity contribution in [3.8, 4) is 0 Å². The van der Waals surface area contributed by atoms with E-state index in [2.05, 4.69) is 10.4 Å². The predicted octanol–water partition coefficient (Wildman–Crippen LogP) is 2.53. The number of nitrogens with one attached hydrogen (secondary N) is 1. The average Bonchev–Trinajstić information content (AvgIpc) is 2.57. The van der Waals surface area contributed by atoms with Crippen LogP contribution < -0.4 is 5.32 Å². The van der Waals surface area contributed by atoms with Gasteiger partial charge in [0.1, 0.15) is 5.67 Å². The SMILES string of the molecule is Cc1cc(CC(C)(F)CC2CCCCN2)n(C)n1. The number of halogens is 1. The highest BCUT2D eigenvalue weighted by molar-refractivity contribution is 5.11. The third kappa shape index (κ3) is 3.55. The Labute approximate surface area is 109 Å². The maximum Gasteiger partial charge on any atom is 0.115 e. The smallest absolute Gasteiger partial charge is 0.115 e. The van der Waals surface area contributed by atoms with Crippen molar-refractivity contribution in [3.05, 3.63) is 17.5 Å². The van der Waals surface area contributed by atoms with Crippen LogP contribution in [0.2, 0.25) is 0 Å². The van der Waals surface area contributed by atoms with Gasteiger partial charge in [-0.05, 0) is 45.7 Å². The molecule has 1 aromatic rings. The van der Waals surface area contributed by atoms with Crippen molar-refractivity contribution in [3.63, 3.8) is 0 Å². The van der Waals surface area contributed by atoms with Gasteiger partial charge >= 0.3 is 0 Å². The van der Waals surface area contributed by atoms with Gasteiger partial charge in [-0.25, -0.2) is 4.39 Å². The zero-order valence-corrected chi connectivity index (χ0v) is 11.7. The Kier molecular flexibility index (Phi) is 4.05. The van der Waals surface area contributed by atoms with Gasteiger partial charge in [0.15, 0.2) is 0 Å². The zero-order chi connectivity index (χ0) is 13.2. The molecule has 0 aromatic carbocycles. The monoisotopic (exact) mass is 253 g/mol. The number of hydrogen-bond donors (Lipinski definition) is 1. The zero-order valence-electron chi connectivity index (χ0n) is 11.7. The summed E-state index contributed by atoms with van der Waals surface area (Å²) in [5.41, 5.74) is 0.780. The first-order chi connectivity index (χ1) is 8.46. The summed E-state index contributed by atoms with van der Waals surface area (Å²) in [7, 11) is 1.89. The van der Waals surface area contributed by atoms with Crippen molar-refractivity contribution in [1.82, 2.24) is 15.1 Å². The molecule has 1 aliphatic heterocycles. The van der Waals surface area contributed by atoms with Gasteiger partial charge in [0.2, 0.25) is 0 Å². The molecule has 18 heavy (non-hydrogen) atoms. The van der Waals surface area contributed by atoms with Crippen molar-refractivity contribution in [1.29, 1.82) is 0 Å². The highest BCUT2D eigenvalue weighted by Crippen LogP contribution is 2.26. The highest BCUT2D eigenvalue weighted by Gasteiger charge is 2.29. The molecule has 0 amide bonds. The molecule has 1 aliphatic rings. The molecule has 2 atom stereocenters. The van der Waals surface area contributed by atoms with Crippen LogP contribution in [-0.4, -0.2) is 28.0 Å². The predicted molar refractivity (Wildman–Crippen MR) is 71.4 cm³/mol. The van der Waals surface area contributed by atoms with E-state index in [0.29, 0.717) is 18.9 Å². The van der Waals surface area contributed by atoms with Gasteiger partial charge in [0.25, 0.3) is 0 Å². The molecule has 0 bridgehead atoms. The van der Waals surface area contributed by atoms with Crippen LogP contribution in [0.5, 0.6) is 0 Å². The lowest BCUT2D eigenvalue weighted by Gasteiger charge is -2.29. The van der Waals surface area contributed by atoms with E-state index < -0.39 is 5.67 Å². The van der Waals surface area contributed by atoms with Crippen molar-refractivity contribution >= 4 is 0 Å². The van der Waals surface area contributed by atoms with Crippen LogP contribution in [0.25, 0.3) is 0 Å². The Morgan fingerprint density at radius 2 is 2.33 bits per heavy atom. The fourth-order valence-electron chi connectivity index (χ4n) is 2.89. The summed E-state index contributed by atoms with van der Waals surface area (Å²) < 4.78 is 16.5. The molecule has 0 spiro atoms. The molecule has 1 aromatic heterocycles. The molecule has 3 nitrogen and oxygen atoms in total. The van der Waals surface area contributed by atoms with Crippen molar-refractivity contribution < 1.29 is 4.39 Å². The van der Waals surface area contributed by atoms with E-state index in [1.165, 1.54) is 12.8 Å². The van der Waals surface area contributed by atoms with Gasteiger partial charge in [-0.3, -0.25) is 4.68 Å². The molecule has 2 heterocycles. The third-order valence-corrected chi connectivity index (χ3v) is 3.73. The van der Waals surface area contributed by atoms with Crippen LogP contribution in [0.3, 0.4) is 0 Å². The summed E-state index contributed by atoms with van der Waals surface area (Å²) in [6.07, 6.45) is 4.59. The van der Waals surface area contributed by atoms with E-state index in [-0.39, 0.29) is 0 Å². The van der Waals surface area contributed by atoms with E-state index >= 15 is 0 Å². The fraction of sp³-hybridized carbons (Fsp3) is 0.786. The second-order valence-corrected chi connectivity index (χ2v) is 5.84. The van der Waals surface area contributed by atoms with E-state index in [1.54, 1.807) is 11.6 Å². The first-order valence-corrected chi connectivity index (χ1v) is 6.88. The number of rotatable bonds is 4. The molecule has 0 aliphatic carbocycles. The molecular weight excluding hydrogens is 229 g/mol. The molecule has 1 saturated heterocycles. The van der Waals surface area contributed by atoms with E-state index in [0.717, 1.165) is 24.4 Å². The van der Waals surface area contributed by atoms with Crippen LogP contribution in [0.4, 0.5) is 4.39 Å². The lowest BCUT2D eigenvalue weighted by atomic mass is 9.90. The van der Waals surface area contributed by atoms with Gasteiger partial charge in [-0.2, -0.15) is 5.10 Å². The topological polar surface area (TPSA) is 29.9 Å². The molecule has 0 saturated carbocycles. The number of hydrogen-bond acceptors (Lipinski definition) is 2. The minimum atomic E-state index is -1.16. The first-order valence-electron chi connectivity index (χ1n) is 6.88. The van der Waals surface area contributed by atoms with E-state index in [1.807, 2.05) is 20.0 Å². The molecule has 102 valence electrons. The maximum absolute atomic E-state index is 14.7. The Morgan fingerprint density at radius 3 is 2.89 bits per heavy atom. The Morgan fingerprint density at radius 1 is 1.56 bits per heavy atom. The minimum absolute atomic E-state index is 0.336. The highest BCUT2D eigenvalue weighted by atomic mass is 19.1. The maximum atomic E-state index is 14.7. The number of aryl methyl sites for hydroxylation is 2. The van der Waals surface area contributed by atoms with Gasteiger partial charge in [0, 0.05) is 25.2 Å². The van der Waals surface area contributed by atoms with Gasteiger partial charge in [-0.1, -0.05) is 6.42 Å². The van der Waals surface area contributed by atoms with Crippen LogP contribution >= 0.6 is 0 Å². The second kappa shape index (κ2) is 5.39. The van der Waals surface area contributed by atoms with Crippen molar-refractivity contribution in [2.75, 3.05) is 6.54 Å². The van der Waals surface area contributed by atoms with Gasteiger partial charge < -0.3 is 5.32 Å². The minimum Gasteiger partial charge on any atom is -0.314 e. The summed E-state index contributed by atoms with van der Waals surface area (Å²) in [5, 5.41) is 7.69. The summed E-state index contributed by atoms with van der Waals surface area (Å²) in [6.45, 7) is 4.69. The Bertz CT molecular complexity index is 392. The Hall–Kier alpha value is -0.900. The van der Waals surface area contributed by atoms with Gasteiger partial charge in [0.05, 0.1) is 5.69 Å². The molecular formula is C14H24FN3. The lowest BCUT2D eigenvalue weighted by Crippen LogP contribution is -2.40. The molecule has 2 unspecified atom stereocenters. The number of aromatic nitrogens is 2. The summed E-state index contributed by atoms with van der Waals surface area (Å²) in [6, 6.07) is 2.31. The molecule has 0 radical (unpaired) electrons. The summed E-state index contributed by atoms with van der Waals surface area (Å²) in [4.78, 5) is 0. The summed E-state index contributed by atoms with van der Waals surface area (Å²) in [5.74, 6) is 0. The molecule has 4 heteroatoms. The Balaban J connectivity index is 1.95. The quantitative estimate of drug-likeness (QED) is 0.893. The number of alkyl halides is 1. The van der Waals surface area contributed by atoms with Crippen molar-refractivity contribution in [2.45, 2.75) is 57.7 Å². The van der Waals surface area contributed by atoms with Crippen LogP contribution in [-0.2, 0) is 13.5 Å². The largest absolute Gasteiger partial charge is 0.314 e. The molecule has 1 fully saturated rings. The van der Waals surface area contributed by atoms with Crippen molar-refractivity contribution in [2.24, 2.45) is 7.05 Å². The standard InChI is InChI=1S/C14H24FN3/c1-11-8-13(18(3)17-11)10-14(2,15)9-12-6-4-5-7-16-12/h8,12,16H,4-7,9-10H2,1-3H3. The first kappa shape index (κ1) is 13.5. The van der Waals surface area contributed by atoms with E-state index in [9.17, 15) is 4.39 Å². The summed E-state index contributed by atoms with van der Waals surface area (Å²) >= 11 is 0. The van der Waals surface area contributed by atoms with E-state index in [4.69, 9.17) is 0 Å². The molecule has 1 N–H and O–H groups in total. The fourth-order valence-corrected chi connectivity index (χ4v) is 2.89. The lowest BCUT2D eigenvalue weighted by molar-refractivity contribution is 0.143. The van der Waals surface area contributed by atoms with Crippen LogP contribution in [0, 0.1) is 6.92 Å². The second-order valence-electron chi connectivity index (χ2n) is 5.84. The molecule has 2 rings (SSSR count). The average molecular weight is 253 g/mol. The van der Waals surface area contributed by atoms with Crippen LogP contribution in [0.1, 0.15) is 44.0 Å². The van der Waals surface area contributed by atoms with Crippen LogP contribution in [0.15, 0.2) is 6.07 Å². The third-order valence-electron chi connectivity index (χ3n) is 3.73. The normalized spacial score (nSPS) is 23.9. The van der Waals surface area contributed by atoms with Gasteiger partial charge in [-0.15, -0.1) is 0 Å². The number of nitrogens with zero attached hydrogens (tertiary/aromatic N) is 2. The number of piperidine rings is 1.